The van der Waals surface area contributed by atoms with Gasteiger partial charge >= 0.3 is 0 Å². The average molecular weight is 298 g/mol. The van der Waals surface area contributed by atoms with Gasteiger partial charge in [-0.3, -0.25) is 4.90 Å². The zero-order chi connectivity index (χ0) is 15.5. The summed E-state index contributed by atoms with van der Waals surface area (Å²) in [6.45, 7) is 2.50. The summed E-state index contributed by atoms with van der Waals surface area (Å²) in [4.78, 5) is 2.32. The van der Waals surface area contributed by atoms with E-state index in [1.807, 2.05) is 18.2 Å². The molecule has 0 bridgehead atoms. The van der Waals surface area contributed by atoms with Crippen molar-refractivity contribution in [3.8, 4) is 11.5 Å². The Morgan fingerprint density at radius 1 is 1.14 bits per heavy atom. The maximum absolute atomic E-state index is 9.88. The van der Waals surface area contributed by atoms with Crippen LogP contribution in [-0.2, 0) is 6.54 Å². The van der Waals surface area contributed by atoms with E-state index in [1.165, 1.54) is 5.56 Å². The molecule has 116 valence electrons. The summed E-state index contributed by atoms with van der Waals surface area (Å²) < 4.78 is 5.32. The zero-order valence-electron chi connectivity index (χ0n) is 12.8. The lowest BCUT2D eigenvalue weighted by atomic mass is 9.95. The number of methoxy groups -OCH3 is 1. The van der Waals surface area contributed by atoms with Gasteiger partial charge in [-0.1, -0.05) is 42.5 Å². The first-order valence-electron chi connectivity index (χ1n) is 7.56. The molecule has 0 aromatic heterocycles. The fraction of sp³-hybridized carbons (Fsp3) is 0.333. The van der Waals surface area contributed by atoms with Crippen LogP contribution in [0.5, 0.6) is 11.5 Å². The summed E-state index contributed by atoms with van der Waals surface area (Å²) in [6.07, 6.45) is 0. The predicted octanol–water partition coefficient (Wildman–Crippen LogP) is 2.33. The van der Waals surface area contributed by atoms with Crippen LogP contribution < -0.4 is 10.5 Å². The van der Waals surface area contributed by atoms with Crippen LogP contribution in [0.1, 0.15) is 17.0 Å². The van der Waals surface area contributed by atoms with E-state index in [2.05, 4.69) is 29.2 Å². The minimum absolute atomic E-state index is 0.130. The third-order valence-corrected chi connectivity index (χ3v) is 4.34. The number of ether oxygens (including phenoxy) is 1. The predicted molar refractivity (Wildman–Crippen MR) is 87.1 cm³/mol. The van der Waals surface area contributed by atoms with Crippen molar-refractivity contribution in [1.29, 1.82) is 0 Å². The van der Waals surface area contributed by atoms with E-state index >= 15 is 0 Å². The summed E-state index contributed by atoms with van der Waals surface area (Å²) in [6, 6.07) is 16.0. The highest BCUT2D eigenvalue weighted by Crippen LogP contribution is 2.33. The Kier molecular flexibility index (Phi) is 4.32. The number of para-hydroxylation sites is 1. The average Bonchev–Trinajstić information content (AvgIpc) is 2.89. The Morgan fingerprint density at radius 3 is 2.64 bits per heavy atom. The number of benzene rings is 2. The second kappa shape index (κ2) is 6.38. The van der Waals surface area contributed by atoms with Gasteiger partial charge in [-0.15, -0.1) is 0 Å². The molecular formula is C18H22N2O2. The molecule has 0 spiro atoms. The van der Waals surface area contributed by atoms with Gasteiger partial charge in [0.25, 0.3) is 0 Å². The highest BCUT2D eigenvalue weighted by molar-refractivity contribution is 5.45. The smallest absolute Gasteiger partial charge is 0.164 e. The van der Waals surface area contributed by atoms with Crippen molar-refractivity contribution in [2.24, 2.45) is 5.73 Å². The molecule has 1 aliphatic heterocycles. The minimum Gasteiger partial charge on any atom is -0.504 e. The van der Waals surface area contributed by atoms with Gasteiger partial charge in [0, 0.05) is 37.2 Å². The number of phenolic OH excluding ortho intramolecular Hbond substituents is 1. The van der Waals surface area contributed by atoms with E-state index in [0.717, 1.165) is 25.2 Å². The van der Waals surface area contributed by atoms with E-state index in [4.69, 9.17) is 10.5 Å². The van der Waals surface area contributed by atoms with Crippen LogP contribution in [0.3, 0.4) is 0 Å². The lowest BCUT2D eigenvalue weighted by Crippen LogP contribution is -2.28. The second-order valence-electron chi connectivity index (χ2n) is 5.84. The van der Waals surface area contributed by atoms with Gasteiger partial charge in [0.15, 0.2) is 11.5 Å². The van der Waals surface area contributed by atoms with Crippen LogP contribution in [-0.4, -0.2) is 36.2 Å². The summed E-state index contributed by atoms with van der Waals surface area (Å²) in [7, 11) is 1.58. The summed E-state index contributed by atoms with van der Waals surface area (Å²) >= 11 is 0. The van der Waals surface area contributed by atoms with Gasteiger partial charge in [-0.25, -0.2) is 0 Å². The van der Waals surface area contributed by atoms with Crippen LogP contribution in [0.25, 0.3) is 0 Å². The molecule has 2 atom stereocenters. The molecule has 1 saturated heterocycles. The molecular weight excluding hydrogens is 276 g/mol. The lowest BCUT2D eigenvalue weighted by Gasteiger charge is -2.18. The lowest BCUT2D eigenvalue weighted by molar-refractivity contribution is 0.309. The Balaban J connectivity index is 1.74. The third-order valence-electron chi connectivity index (χ3n) is 4.34. The molecule has 0 unspecified atom stereocenters. The van der Waals surface area contributed by atoms with Gasteiger partial charge in [-0.2, -0.15) is 0 Å². The van der Waals surface area contributed by atoms with Gasteiger partial charge in [-0.05, 0) is 11.6 Å². The number of nitrogens with zero attached hydrogens (tertiary/aromatic N) is 1. The second-order valence-corrected chi connectivity index (χ2v) is 5.84. The Hall–Kier alpha value is -2.04. The first-order valence-corrected chi connectivity index (χ1v) is 7.56. The Labute approximate surface area is 131 Å². The number of nitrogens with two attached hydrogens (primary N) is 1. The molecule has 0 aliphatic carbocycles. The van der Waals surface area contributed by atoms with Crippen molar-refractivity contribution in [1.82, 2.24) is 4.90 Å². The fourth-order valence-corrected chi connectivity index (χ4v) is 3.27. The van der Waals surface area contributed by atoms with Crippen LogP contribution in [0.2, 0.25) is 0 Å². The first-order chi connectivity index (χ1) is 10.7. The minimum atomic E-state index is 0.130. The van der Waals surface area contributed by atoms with Crippen molar-refractivity contribution in [2.45, 2.75) is 18.5 Å². The summed E-state index contributed by atoms with van der Waals surface area (Å²) in [5.41, 5.74) is 8.61. The van der Waals surface area contributed by atoms with Gasteiger partial charge in [0.05, 0.1) is 7.11 Å². The molecule has 3 N–H and O–H groups in total. The normalized spacial score (nSPS) is 21.9. The van der Waals surface area contributed by atoms with Gasteiger partial charge in [0.1, 0.15) is 0 Å². The molecule has 2 aromatic rings. The molecule has 3 rings (SSSR count). The molecule has 1 fully saturated rings. The zero-order valence-corrected chi connectivity index (χ0v) is 12.8. The van der Waals surface area contributed by atoms with Crippen molar-refractivity contribution in [3.63, 3.8) is 0 Å². The summed E-state index contributed by atoms with van der Waals surface area (Å²) in [5.74, 6) is 1.09. The molecule has 0 amide bonds. The molecule has 22 heavy (non-hydrogen) atoms. The third kappa shape index (κ3) is 2.93. The van der Waals surface area contributed by atoms with E-state index < -0.39 is 0 Å². The van der Waals surface area contributed by atoms with Crippen LogP contribution in [0, 0.1) is 0 Å². The summed E-state index contributed by atoms with van der Waals surface area (Å²) in [5, 5.41) is 9.88. The van der Waals surface area contributed by atoms with Gasteiger partial charge in [0.2, 0.25) is 0 Å². The number of likely N-dealkylation sites (tertiary alicyclic amines) is 1. The van der Waals surface area contributed by atoms with Crippen molar-refractivity contribution in [2.75, 3.05) is 20.2 Å². The van der Waals surface area contributed by atoms with E-state index in [1.54, 1.807) is 13.2 Å². The van der Waals surface area contributed by atoms with Crippen molar-refractivity contribution < 1.29 is 9.84 Å². The maximum atomic E-state index is 9.88. The van der Waals surface area contributed by atoms with E-state index in [9.17, 15) is 5.11 Å². The standard InChI is InChI=1S/C18H22N2O2/c1-22-18-14(8-5-9-17(18)21)10-20-11-15(16(19)12-20)13-6-3-2-4-7-13/h2-9,15-16,21H,10-12,19H2,1H3/t15-,16+/m0/s1. The fourth-order valence-electron chi connectivity index (χ4n) is 3.27. The molecule has 1 heterocycles. The van der Waals surface area contributed by atoms with Crippen LogP contribution in [0.15, 0.2) is 48.5 Å². The maximum Gasteiger partial charge on any atom is 0.164 e. The molecule has 4 heteroatoms. The topological polar surface area (TPSA) is 58.7 Å². The molecule has 2 aromatic carbocycles. The molecule has 0 saturated carbocycles. The molecule has 0 radical (unpaired) electrons. The highest BCUT2D eigenvalue weighted by atomic mass is 16.5. The quantitative estimate of drug-likeness (QED) is 0.909. The SMILES string of the molecule is COc1c(O)cccc1CN1C[C@@H](N)[C@H](c2ccccc2)C1. The monoisotopic (exact) mass is 298 g/mol. The van der Waals surface area contributed by atoms with E-state index in [-0.39, 0.29) is 11.8 Å². The number of rotatable bonds is 4. The van der Waals surface area contributed by atoms with Crippen molar-refractivity contribution >= 4 is 0 Å². The number of hydrogen-bond donors (Lipinski definition) is 2. The number of hydrogen-bond acceptors (Lipinski definition) is 4. The highest BCUT2D eigenvalue weighted by Gasteiger charge is 2.31. The number of aromatic hydroxyl groups is 1. The largest absolute Gasteiger partial charge is 0.504 e. The molecule has 4 nitrogen and oxygen atoms in total. The number of phenols is 1. The Bertz CT molecular complexity index is 630. The molecule has 1 aliphatic rings. The van der Waals surface area contributed by atoms with Crippen LogP contribution >= 0.6 is 0 Å². The van der Waals surface area contributed by atoms with E-state index in [0.29, 0.717) is 11.7 Å². The van der Waals surface area contributed by atoms with Crippen LogP contribution in [0.4, 0.5) is 0 Å². The van der Waals surface area contributed by atoms with Gasteiger partial charge < -0.3 is 15.6 Å². The Morgan fingerprint density at radius 2 is 1.91 bits per heavy atom. The first kappa shape index (κ1) is 14.9. The van der Waals surface area contributed by atoms with Crippen molar-refractivity contribution in [3.05, 3.63) is 59.7 Å².